The summed E-state index contributed by atoms with van der Waals surface area (Å²) in [6.07, 6.45) is 2.91. The molecular weight excluding hydrogens is 242 g/mol. The minimum Gasteiger partial charge on any atom is -0.493 e. The molecule has 0 saturated heterocycles. The second kappa shape index (κ2) is 6.57. The third kappa shape index (κ3) is 4.24. The van der Waals surface area contributed by atoms with Crippen LogP contribution in [-0.4, -0.2) is 31.8 Å². The average molecular weight is 263 g/mol. The standard InChI is InChI=1S/C15H21NO3/c1-11-5-3-4-6-14(11)19-10-9-13(15(17)18-2)16-12-7-8-12/h3-6,12-13,16H,7-10H2,1-2H3. The van der Waals surface area contributed by atoms with E-state index < -0.39 is 0 Å². The number of methoxy groups -OCH3 is 1. The number of para-hydroxylation sites is 1. The van der Waals surface area contributed by atoms with Crippen LogP contribution in [-0.2, 0) is 9.53 Å². The summed E-state index contributed by atoms with van der Waals surface area (Å²) in [6.45, 7) is 2.51. The predicted molar refractivity (Wildman–Crippen MR) is 73.3 cm³/mol. The quantitative estimate of drug-likeness (QED) is 0.765. The first-order chi connectivity index (χ1) is 9.20. The van der Waals surface area contributed by atoms with Crippen LogP contribution < -0.4 is 10.1 Å². The lowest BCUT2D eigenvalue weighted by Crippen LogP contribution is -2.40. The van der Waals surface area contributed by atoms with Crippen molar-refractivity contribution in [2.75, 3.05) is 13.7 Å². The molecule has 104 valence electrons. The Bertz CT molecular complexity index is 429. The lowest BCUT2D eigenvalue weighted by atomic mass is 10.2. The Balaban J connectivity index is 1.81. The number of carbonyl (C=O) groups excluding carboxylic acids is 1. The summed E-state index contributed by atoms with van der Waals surface area (Å²) in [4.78, 5) is 11.6. The van der Waals surface area contributed by atoms with Crippen molar-refractivity contribution in [3.63, 3.8) is 0 Å². The molecule has 0 aromatic heterocycles. The molecule has 1 fully saturated rings. The molecule has 0 aliphatic heterocycles. The van der Waals surface area contributed by atoms with E-state index in [-0.39, 0.29) is 12.0 Å². The highest BCUT2D eigenvalue weighted by atomic mass is 16.5. The Hall–Kier alpha value is -1.55. The molecule has 1 atom stereocenters. The number of nitrogens with one attached hydrogen (secondary N) is 1. The van der Waals surface area contributed by atoms with E-state index in [0.29, 0.717) is 19.1 Å². The Morgan fingerprint density at radius 2 is 2.16 bits per heavy atom. The molecule has 0 radical (unpaired) electrons. The van der Waals surface area contributed by atoms with Crippen LogP contribution in [0.25, 0.3) is 0 Å². The highest BCUT2D eigenvalue weighted by Gasteiger charge is 2.28. The van der Waals surface area contributed by atoms with Gasteiger partial charge in [-0.1, -0.05) is 18.2 Å². The number of aryl methyl sites for hydroxylation is 1. The maximum atomic E-state index is 11.6. The van der Waals surface area contributed by atoms with Gasteiger partial charge in [-0.05, 0) is 31.4 Å². The van der Waals surface area contributed by atoms with Crippen LogP contribution in [0.3, 0.4) is 0 Å². The van der Waals surface area contributed by atoms with Crippen LogP contribution in [0.15, 0.2) is 24.3 Å². The molecule has 19 heavy (non-hydrogen) atoms. The van der Waals surface area contributed by atoms with E-state index in [1.165, 1.54) is 7.11 Å². The normalized spacial score (nSPS) is 15.9. The summed E-state index contributed by atoms with van der Waals surface area (Å²) in [5.41, 5.74) is 1.10. The summed E-state index contributed by atoms with van der Waals surface area (Å²) in [6, 6.07) is 8.09. The van der Waals surface area contributed by atoms with Gasteiger partial charge in [0.2, 0.25) is 0 Å². The van der Waals surface area contributed by atoms with Crippen molar-refractivity contribution in [2.24, 2.45) is 0 Å². The Morgan fingerprint density at radius 1 is 1.42 bits per heavy atom. The van der Waals surface area contributed by atoms with Gasteiger partial charge < -0.3 is 14.8 Å². The topological polar surface area (TPSA) is 47.6 Å². The minimum absolute atomic E-state index is 0.208. The molecule has 1 unspecified atom stereocenters. The van der Waals surface area contributed by atoms with Gasteiger partial charge in [0.25, 0.3) is 0 Å². The molecule has 0 bridgehead atoms. The van der Waals surface area contributed by atoms with Crippen LogP contribution in [0, 0.1) is 6.92 Å². The number of benzene rings is 1. The monoisotopic (exact) mass is 263 g/mol. The van der Waals surface area contributed by atoms with Crippen LogP contribution >= 0.6 is 0 Å². The summed E-state index contributed by atoms with van der Waals surface area (Å²) in [7, 11) is 1.42. The molecule has 0 heterocycles. The number of esters is 1. The van der Waals surface area contributed by atoms with E-state index in [2.05, 4.69) is 5.32 Å². The maximum Gasteiger partial charge on any atom is 0.322 e. The van der Waals surface area contributed by atoms with Crippen molar-refractivity contribution in [3.05, 3.63) is 29.8 Å². The molecule has 1 aromatic rings. The van der Waals surface area contributed by atoms with E-state index >= 15 is 0 Å². The van der Waals surface area contributed by atoms with Gasteiger partial charge in [0.05, 0.1) is 13.7 Å². The molecule has 0 amide bonds. The zero-order chi connectivity index (χ0) is 13.7. The highest BCUT2D eigenvalue weighted by Crippen LogP contribution is 2.21. The Labute approximate surface area is 114 Å². The lowest BCUT2D eigenvalue weighted by Gasteiger charge is -2.16. The highest BCUT2D eigenvalue weighted by molar-refractivity contribution is 5.75. The summed E-state index contributed by atoms with van der Waals surface area (Å²) in [5, 5.41) is 3.29. The van der Waals surface area contributed by atoms with Crippen molar-refractivity contribution < 1.29 is 14.3 Å². The van der Waals surface area contributed by atoms with Gasteiger partial charge in [0.1, 0.15) is 11.8 Å². The molecule has 0 spiro atoms. The lowest BCUT2D eigenvalue weighted by molar-refractivity contribution is -0.143. The van der Waals surface area contributed by atoms with Crippen LogP contribution in [0.4, 0.5) is 0 Å². The van der Waals surface area contributed by atoms with E-state index in [0.717, 1.165) is 24.2 Å². The van der Waals surface area contributed by atoms with Gasteiger partial charge in [-0.2, -0.15) is 0 Å². The number of ether oxygens (including phenoxy) is 2. The summed E-state index contributed by atoms with van der Waals surface area (Å²) >= 11 is 0. The van der Waals surface area contributed by atoms with Crippen molar-refractivity contribution in [3.8, 4) is 5.75 Å². The minimum atomic E-state index is -0.262. The number of hydrogen-bond donors (Lipinski definition) is 1. The van der Waals surface area contributed by atoms with Crippen molar-refractivity contribution >= 4 is 5.97 Å². The molecule has 1 aliphatic carbocycles. The summed E-state index contributed by atoms with van der Waals surface area (Å²) in [5.74, 6) is 0.665. The average Bonchev–Trinajstić information content (AvgIpc) is 3.23. The fraction of sp³-hybridized carbons (Fsp3) is 0.533. The van der Waals surface area contributed by atoms with Crippen molar-refractivity contribution in [1.29, 1.82) is 0 Å². The predicted octanol–water partition coefficient (Wildman–Crippen LogP) is 2.06. The van der Waals surface area contributed by atoms with Crippen molar-refractivity contribution in [1.82, 2.24) is 5.32 Å². The third-order valence-corrected chi connectivity index (χ3v) is 3.26. The molecule has 1 aromatic carbocycles. The van der Waals surface area contributed by atoms with E-state index in [1.54, 1.807) is 0 Å². The largest absolute Gasteiger partial charge is 0.493 e. The number of hydrogen-bond acceptors (Lipinski definition) is 4. The summed E-state index contributed by atoms with van der Waals surface area (Å²) < 4.78 is 10.5. The zero-order valence-electron chi connectivity index (χ0n) is 11.5. The van der Waals surface area contributed by atoms with Crippen molar-refractivity contribution in [2.45, 2.75) is 38.3 Å². The Kier molecular flexibility index (Phi) is 4.80. The second-order valence-corrected chi connectivity index (χ2v) is 4.92. The van der Waals surface area contributed by atoms with Crippen LogP contribution in [0.1, 0.15) is 24.8 Å². The van der Waals surface area contributed by atoms with Crippen LogP contribution in [0.2, 0.25) is 0 Å². The first-order valence-electron chi connectivity index (χ1n) is 6.73. The first kappa shape index (κ1) is 13.9. The molecule has 4 nitrogen and oxygen atoms in total. The van der Waals surface area contributed by atoms with Gasteiger partial charge in [0.15, 0.2) is 0 Å². The fourth-order valence-electron chi connectivity index (χ4n) is 1.95. The first-order valence-corrected chi connectivity index (χ1v) is 6.73. The van der Waals surface area contributed by atoms with E-state index in [4.69, 9.17) is 9.47 Å². The maximum absolute atomic E-state index is 11.6. The number of rotatable bonds is 7. The van der Waals surface area contributed by atoms with Gasteiger partial charge in [0, 0.05) is 12.5 Å². The fourth-order valence-corrected chi connectivity index (χ4v) is 1.95. The van der Waals surface area contributed by atoms with E-state index in [1.807, 2.05) is 31.2 Å². The molecule has 2 rings (SSSR count). The molecule has 1 aliphatic rings. The Morgan fingerprint density at radius 3 is 2.79 bits per heavy atom. The van der Waals surface area contributed by atoms with Crippen LogP contribution in [0.5, 0.6) is 5.75 Å². The zero-order valence-corrected chi connectivity index (χ0v) is 11.5. The van der Waals surface area contributed by atoms with Gasteiger partial charge >= 0.3 is 5.97 Å². The molecule has 4 heteroatoms. The molecule has 1 saturated carbocycles. The number of carbonyl (C=O) groups is 1. The van der Waals surface area contributed by atoms with Gasteiger partial charge in [-0.25, -0.2) is 0 Å². The van der Waals surface area contributed by atoms with E-state index in [9.17, 15) is 4.79 Å². The van der Waals surface area contributed by atoms with Gasteiger partial charge in [-0.15, -0.1) is 0 Å². The second-order valence-electron chi connectivity index (χ2n) is 4.92. The third-order valence-electron chi connectivity index (χ3n) is 3.26. The molecular formula is C15H21NO3. The SMILES string of the molecule is COC(=O)C(CCOc1ccccc1C)NC1CC1. The van der Waals surface area contributed by atoms with Gasteiger partial charge in [-0.3, -0.25) is 4.79 Å². The smallest absolute Gasteiger partial charge is 0.322 e. The molecule has 1 N–H and O–H groups in total.